The number of hydrogen-bond donors (Lipinski definition) is 1. The van der Waals surface area contributed by atoms with E-state index < -0.39 is 34.7 Å². The summed E-state index contributed by atoms with van der Waals surface area (Å²) in [6, 6.07) is 1.23. The predicted molar refractivity (Wildman–Crippen MR) is 84.9 cm³/mol. The van der Waals surface area contributed by atoms with Crippen molar-refractivity contribution in [3.8, 4) is 5.75 Å². The first kappa shape index (κ1) is 20.8. The van der Waals surface area contributed by atoms with Crippen molar-refractivity contribution in [2.45, 2.75) is 57.8 Å². The van der Waals surface area contributed by atoms with Gasteiger partial charge in [-0.15, -0.1) is 0 Å². The van der Waals surface area contributed by atoms with Crippen molar-refractivity contribution in [3.05, 3.63) is 23.5 Å². The third-order valence-electron chi connectivity index (χ3n) is 3.11. The molecule has 0 radical (unpaired) electrons. The average molecular weight is 370 g/mol. The Hall–Kier alpha value is -1.22. The van der Waals surface area contributed by atoms with Crippen molar-refractivity contribution in [1.29, 1.82) is 0 Å². The van der Waals surface area contributed by atoms with E-state index in [1.807, 2.05) is 20.8 Å². The fourth-order valence-corrected chi connectivity index (χ4v) is 2.38. The molecule has 1 heterocycles. The second-order valence-corrected chi connectivity index (χ2v) is 8.44. The fourth-order valence-electron chi connectivity index (χ4n) is 1.59. The summed E-state index contributed by atoms with van der Waals surface area (Å²) in [6.07, 6.45) is -2.59. The SMILES string of the molecule is Cc1cc(C(C)NS(=O)C(C)(C)C)ncc1OCC(F)(F)C(F)F. The van der Waals surface area contributed by atoms with E-state index in [9.17, 15) is 21.8 Å². The number of halogens is 4. The lowest BCUT2D eigenvalue weighted by atomic mass is 10.1. The highest BCUT2D eigenvalue weighted by Crippen LogP contribution is 2.26. The van der Waals surface area contributed by atoms with Gasteiger partial charge in [0.2, 0.25) is 0 Å². The van der Waals surface area contributed by atoms with Gasteiger partial charge in [-0.1, -0.05) is 0 Å². The molecule has 1 N–H and O–H groups in total. The van der Waals surface area contributed by atoms with Crippen molar-refractivity contribution in [1.82, 2.24) is 9.71 Å². The number of aryl methyl sites for hydroxylation is 1. The summed E-state index contributed by atoms with van der Waals surface area (Å²) in [5.41, 5.74) is 1.01. The number of rotatable bonds is 7. The molecule has 0 aliphatic heterocycles. The number of ether oxygens (including phenoxy) is 1. The van der Waals surface area contributed by atoms with Gasteiger partial charge in [0.25, 0.3) is 0 Å². The Kier molecular flexibility index (Phi) is 6.75. The van der Waals surface area contributed by atoms with Crippen LogP contribution < -0.4 is 9.46 Å². The third kappa shape index (κ3) is 5.70. The van der Waals surface area contributed by atoms with Crippen molar-refractivity contribution in [3.63, 3.8) is 0 Å². The Bertz CT molecular complexity index is 591. The Morgan fingerprint density at radius 3 is 2.38 bits per heavy atom. The van der Waals surface area contributed by atoms with Crippen LogP contribution >= 0.6 is 0 Å². The van der Waals surface area contributed by atoms with E-state index in [4.69, 9.17) is 4.74 Å². The number of hydrogen-bond acceptors (Lipinski definition) is 3. The topological polar surface area (TPSA) is 51.2 Å². The summed E-state index contributed by atoms with van der Waals surface area (Å²) < 4.78 is 69.3. The summed E-state index contributed by atoms with van der Waals surface area (Å²) in [5.74, 6) is -4.22. The van der Waals surface area contributed by atoms with Gasteiger partial charge in [-0.3, -0.25) is 4.98 Å². The van der Waals surface area contributed by atoms with E-state index in [2.05, 4.69) is 9.71 Å². The Morgan fingerprint density at radius 1 is 1.33 bits per heavy atom. The van der Waals surface area contributed by atoms with Crippen LogP contribution in [-0.2, 0) is 11.0 Å². The summed E-state index contributed by atoms with van der Waals surface area (Å²) in [4.78, 5) is 4.07. The molecule has 0 spiro atoms. The van der Waals surface area contributed by atoms with Crippen LogP contribution in [-0.4, -0.2) is 32.9 Å². The lowest BCUT2D eigenvalue weighted by molar-refractivity contribution is -0.148. The molecule has 2 atom stereocenters. The van der Waals surface area contributed by atoms with E-state index in [-0.39, 0.29) is 11.8 Å². The average Bonchev–Trinajstić information content (AvgIpc) is 2.44. The van der Waals surface area contributed by atoms with Crippen LogP contribution in [0.15, 0.2) is 12.3 Å². The Morgan fingerprint density at radius 2 is 1.92 bits per heavy atom. The molecule has 0 saturated carbocycles. The number of alkyl halides is 4. The molecular formula is C15H22F4N2O2S. The van der Waals surface area contributed by atoms with Crippen molar-refractivity contribution in [2.24, 2.45) is 0 Å². The van der Waals surface area contributed by atoms with Gasteiger partial charge in [0.1, 0.15) is 5.75 Å². The van der Waals surface area contributed by atoms with Gasteiger partial charge >= 0.3 is 12.3 Å². The molecule has 0 aliphatic carbocycles. The van der Waals surface area contributed by atoms with Gasteiger partial charge in [0.15, 0.2) is 6.61 Å². The first-order chi connectivity index (χ1) is 10.8. The van der Waals surface area contributed by atoms with E-state index >= 15 is 0 Å². The molecule has 4 nitrogen and oxygen atoms in total. The molecule has 24 heavy (non-hydrogen) atoms. The number of nitrogens with zero attached hydrogens (tertiary/aromatic N) is 1. The second kappa shape index (κ2) is 7.77. The summed E-state index contributed by atoms with van der Waals surface area (Å²) >= 11 is 0. The molecular weight excluding hydrogens is 348 g/mol. The largest absolute Gasteiger partial charge is 0.485 e. The number of nitrogens with one attached hydrogen (secondary N) is 1. The molecule has 0 amide bonds. The summed E-state index contributed by atoms with van der Waals surface area (Å²) in [6.45, 7) is 7.39. The quantitative estimate of drug-likeness (QED) is 0.743. The van der Waals surface area contributed by atoms with E-state index in [1.54, 1.807) is 19.9 Å². The molecule has 1 aromatic rings. The number of pyridine rings is 1. The smallest absolute Gasteiger partial charge is 0.340 e. The molecule has 2 unspecified atom stereocenters. The lowest BCUT2D eigenvalue weighted by Gasteiger charge is -2.22. The Balaban J connectivity index is 2.79. The van der Waals surface area contributed by atoms with Gasteiger partial charge in [0, 0.05) is 0 Å². The van der Waals surface area contributed by atoms with Gasteiger partial charge in [-0.05, 0) is 46.2 Å². The van der Waals surface area contributed by atoms with Gasteiger partial charge in [0.05, 0.1) is 33.7 Å². The van der Waals surface area contributed by atoms with Crippen LogP contribution in [0.5, 0.6) is 5.75 Å². The van der Waals surface area contributed by atoms with Crippen LogP contribution in [0.2, 0.25) is 0 Å². The molecule has 0 aliphatic rings. The van der Waals surface area contributed by atoms with Crippen LogP contribution in [0.25, 0.3) is 0 Å². The first-order valence-electron chi connectivity index (χ1n) is 7.28. The van der Waals surface area contributed by atoms with Gasteiger partial charge in [-0.2, -0.15) is 8.78 Å². The first-order valence-corrected chi connectivity index (χ1v) is 8.43. The third-order valence-corrected chi connectivity index (χ3v) is 4.79. The zero-order chi connectivity index (χ0) is 18.7. The molecule has 0 fully saturated rings. The van der Waals surface area contributed by atoms with E-state index in [0.29, 0.717) is 11.3 Å². The Labute approximate surface area is 141 Å². The normalized spacial score (nSPS) is 15.4. The van der Waals surface area contributed by atoms with Crippen LogP contribution in [0.3, 0.4) is 0 Å². The molecule has 9 heteroatoms. The molecule has 138 valence electrons. The standard InChI is InChI=1S/C15H22F4N2O2S/c1-9-6-11(10(2)21-24(22)14(3,4)5)20-7-12(9)23-8-15(18,19)13(16)17/h6-7,10,13,21H,8H2,1-5H3. The zero-order valence-corrected chi connectivity index (χ0v) is 15.0. The minimum atomic E-state index is -4.22. The van der Waals surface area contributed by atoms with Crippen molar-refractivity contribution >= 4 is 11.0 Å². The highest BCUT2D eigenvalue weighted by molar-refractivity contribution is 7.84. The minimum absolute atomic E-state index is 0.00298. The zero-order valence-electron chi connectivity index (χ0n) is 14.2. The van der Waals surface area contributed by atoms with Crippen molar-refractivity contribution < 1.29 is 26.5 Å². The maximum atomic E-state index is 12.9. The lowest BCUT2D eigenvalue weighted by Crippen LogP contribution is -2.35. The molecule has 0 aromatic carbocycles. The van der Waals surface area contributed by atoms with Crippen molar-refractivity contribution in [2.75, 3.05) is 6.61 Å². The van der Waals surface area contributed by atoms with Gasteiger partial charge < -0.3 is 4.74 Å². The van der Waals surface area contributed by atoms with Gasteiger partial charge in [-0.25, -0.2) is 17.7 Å². The maximum absolute atomic E-state index is 12.9. The van der Waals surface area contributed by atoms with Crippen LogP contribution in [0.4, 0.5) is 17.6 Å². The fraction of sp³-hybridized carbons (Fsp3) is 0.667. The van der Waals surface area contributed by atoms with E-state index in [1.165, 1.54) is 6.20 Å². The summed E-state index contributed by atoms with van der Waals surface area (Å²) in [7, 11) is -1.30. The maximum Gasteiger partial charge on any atom is 0.340 e. The monoisotopic (exact) mass is 370 g/mol. The molecule has 1 rings (SSSR count). The highest BCUT2D eigenvalue weighted by Gasteiger charge is 2.41. The minimum Gasteiger partial charge on any atom is -0.485 e. The molecule has 0 saturated heterocycles. The van der Waals surface area contributed by atoms with Crippen LogP contribution in [0.1, 0.15) is 45.0 Å². The van der Waals surface area contributed by atoms with E-state index in [0.717, 1.165) is 0 Å². The second-order valence-electron chi connectivity index (χ2n) is 6.45. The molecule has 0 bridgehead atoms. The predicted octanol–water partition coefficient (Wildman–Crippen LogP) is 3.78. The molecule has 1 aromatic heterocycles. The number of aromatic nitrogens is 1. The highest BCUT2D eigenvalue weighted by atomic mass is 32.2. The van der Waals surface area contributed by atoms with Crippen LogP contribution in [0, 0.1) is 6.92 Å². The summed E-state index contributed by atoms with van der Waals surface area (Å²) in [5, 5.41) is 0.